The van der Waals surface area contributed by atoms with Gasteiger partial charge in [-0.2, -0.15) is 0 Å². The lowest BCUT2D eigenvalue weighted by Crippen LogP contribution is -2.26. The number of aliphatic hydroxyl groups is 1. The number of β-amino-alcohol motifs (C(OH)–C–C–N with tert-alkyl or cyclic N) is 1. The Morgan fingerprint density at radius 3 is 2.83 bits per heavy atom. The number of hydrogen-bond acceptors (Lipinski definition) is 7. The summed E-state index contributed by atoms with van der Waals surface area (Å²) in [6, 6.07) is 3.68. The monoisotopic (exact) mass is 330 g/mol. The van der Waals surface area contributed by atoms with Crippen LogP contribution in [0.4, 0.5) is 5.82 Å². The van der Waals surface area contributed by atoms with Crippen LogP contribution in [0, 0.1) is 13.8 Å². The summed E-state index contributed by atoms with van der Waals surface area (Å²) in [6.07, 6.45) is 2.47. The molecular weight excluding hydrogens is 308 g/mol. The number of aliphatic hydroxyl groups excluding tert-OH is 1. The molecule has 0 radical (unpaired) electrons. The molecule has 0 aliphatic carbocycles. The normalized spacial score (nSPS) is 20.4. The quantitative estimate of drug-likeness (QED) is 0.896. The Morgan fingerprint density at radius 1 is 1.25 bits per heavy atom. The van der Waals surface area contributed by atoms with Crippen molar-refractivity contribution in [3.05, 3.63) is 35.9 Å². The number of anilines is 1. The van der Waals surface area contributed by atoms with Gasteiger partial charge in [0.05, 0.1) is 17.4 Å². The largest absolute Gasteiger partial charge is 0.437 e. The van der Waals surface area contributed by atoms with Gasteiger partial charge in [0.2, 0.25) is 5.88 Å². The number of pyridine rings is 1. The average Bonchev–Trinajstić information content (AvgIpc) is 2.92. The highest BCUT2D eigenvalue weighted by Crippen LogP contribution is 2.31. The third kappa shape index (κ3) is 3.32. The molecular formula is C17H22N4O3. The predicted molar refractivity (Wildman–Crippen MR) is 89.5 cm³/mol. The molecule has 0 saturated carbocycles. The predicted octanol–water partition coefficient (Wildman–Crippen LogP) is 1.87. The first-order valence-electron chi connectivity index (χ1n) is 8.05. The van der Waals surface area contributed by atoms with Crippen LogP contribution in [-0.4, -0.2) is 52.0 Å². The number of nitrogens with zero attached hydrogens (tertiary/aromatic N) is 4. The zero-order valence-electron chi connectivity index (χ0n) is 14.1. The molecule has 0 spiro atoms. The van der Waals surface area contributed by atoms with Crippen molar-refractivity contribution in [2.45, 2.75) is 33.0 Å². The van der Waals surface area contributed by atoms with Crippen molar-refractivity contribution in [1.82, 2.24) is 15.0 Å². The molecule has 7 nitrogen and oxygen atoms in total. The van der Waals surface area contributed by atoms with Crippen LogP contribution in [0.5, 0.6) is 11.6 Å². The van der Waals surface area contributed by atoms with E-state index in [4.69, 9.17) is 9.47 Å². The molecule has 0 bridgehead atoms. The van der Waals surface area contributed by atoms with E-state index in [1.165, 1.54) is 6.33 Å². The SMILES string of the molecule is CCO[C@@H]1CN(c2ncnc(Oc3cccnc3C)c2C)C[C@H]1O. The highest BCUT2D eigenvalue weighted by Gasteiger charge is 2.33. The summed E-state index contributed by atoms with van der Waals surface area (Å²) in [7, 11) is 0. The van der Waals surface area contributed by atoms with Crippen molar-refractivity contribution in [2.75, 3.05) is 24.6 Å². The van der Waals surface area contributed by atoms with Gasteiger partial charge in [0.1, 0.15) is 18.2 Å². The minimum atomic E-state index is -0.524. The number of aryl methyl sites for hydroxylation is 1. The molecule has 7 heteroatoms. The summed E-state index contributed by atoms with van der Waals surface area (Å²) in [5, 5.41) is 10.1. The lowest BCUT2D eigenvalue weighted by Gasteiger charge is -2.20. The van der Waals surface area contributed by atoms with Gasteiger partial charge in [-0.15, -0.1) is 0 Å². The molecule has 1 saturated heterocycles. The van der Waals surface area contributed by atoms with Crippen LogP contribution in [0.25, 0.3) is 0 Å². The maximum Gasteiger partial charge on any atom is 0.227 e. The molecule has 1 aliphatic rings. The molecule has 24 heavy (non-hydrogen) atoms. The summed E-state index contributed by atoms with van der Waals surface area (Å²) in [5.74, 6) is 1.91. The molecule has 128 valence electrons. The minimum absolute atomic E-state index is 0.200. The Bertz CT molecular complexity index is 710. The summed E-state index contributed by atoms with van der Waals surface area (Å²) >= 11 is 0. The lowest BCUT2D eigenvalue weighted by atomic mass is 10.3. The van der Waals surface area contributed by atoms with Crippen molar-refractivity contribution in [2.24, 2.45) is 0 Å². The average molecular weight is 330 g/mol. The van der Waals surface area contributed by atoms with Crippen LogP contribution in [0.1, 0.15) is 18.2 Å². The lowest BCUT2D eigenvalue weighted by molar-refractivity contribution is -0.00189. The van der Waals surface area contributed by atoms with Crippen molar-refractivity contribution in [1.29, 1.82) is 0 Å². The van der Waals surface area contributed by atoms with Crippen molar-refractivity contribution in [3.8, 4) is 11.6 Å². The second-order valence-electron chi connectivity index (χ2n) is 5.78. The summed E-state index contributed by atoms with van der Waals surface area (Å²) in [5.41, 5.74) is 1.62. The van der Waals surface area contributed by atoms with Gasteiger partial charge >= 0.3 is 0 Å². The van der Waals surface area contributed by atoms with Gasteiger partial charge in [-0.1, -0.05) is 0 Å². The molecule has 3 heterocycles. The fourth-order valence-corrected chi connectivity index (χ4v) is 2.84. The highest BCUT2D eigenvalue weighted by molar-refractivity contribution is 5.52. The maximum atomic E-state index is 10.1. The maximum absolute atomic E-state index is 10.1. The van der Waals surface area contributed by atoms with Gasteiger partial charge in [0, 0.05) is 25.9 Å². The van der Waals surface area contributed by atoms with E-state index in [1.54, 1.807) is 6.20 Å². The van der Waals surface area contributed by atoms with Gasteiger partial charge in [-0.3, -0.25) is 4.98 Å². The molecule has 1 fully saturated rings. The molecule has 1 aliphatic heterocycles. The van der Waals surface area contributed by atoms with Crippen LogP contribution in [-0.2, 0) is 4.74 Å². The first kappa shape index (κ1) is 16.6. The van der Waals surface area contributed by atoms with Gasteiger partial charge in [-0.25, -0.2) is 9.97 Å². The Balaban J connectivity index is 1.83. The van der Waals surface area contributed by atoms with E-state index in [0.717, 1.165) is 17.1 Å². The third-order valence-electron chi connectivity index (χ3n) is 4.09. The molecule has 0 amide bonds. The van der Waals surface area contributed by atoms with Gasteiger partial charge in [-0.05, 0) is 32.9 Å². The van der Waals surface area contributed by atoms with Crippen molar-refractivity contribution >= 4 is 5.82 Å². The summed E-state index contributed by atoms with van der Waals surface area (Å²) in [6.45, 7) is 7.37. The first-order valence-corrected chi connectivity index (χ1v) is 8.05. The standard InChI is InChI=1S/C17H22N4O3/c1-4-23-15-9-21(8-13(15)22)16-11(2)17(20-10-19-16)24-14-6-5-7-18-12(14)3/h5-7,10,13,15,22H,4,8-9H2,1-3H3/t13-,15-/m1/s1. The van der Waals surface area contributed by atoms with Crippen LogP contribution in [0.15, 0.2) is 24.7 Å². The number of aromatic nitrogens is 3. The Kier molecular flexibility index (Phi) is 4.92. The summed E-state index contributed by atoms with van der Waals surface area (Å²) < 4.78 is 11.5. The summed E-state index contributed by atoms with van der Waals surface area (Å²) in [4.78, 5) is 14.8. The first-order chi connectivity index (χ1) is 11.6. The molecule has 2 atom stereocenters. The van der Waals surface area contributed by atoms with E-state index >= 15 is 0 Å². The van der Waals surface area contributed by atoms with E-state index in [-0.39, 0.29) is 6.10 Å². The van der Waals surface area contributed by atoms with E-state index in [0.29, 0.717) is 31.3 Å². The van der Waals surface area contributed by atoms with E-state index in [9.17, 15) is 5.11 Å². The van der Waals surface area contributed by atoms with Gasteiger partial charge in [0.15, 0.2) is 5.75 Å². The Labute approximate surface area is 141 Å². The van der Waals surface area contributed by atoms with Gasteiger partial charge in [0.25, 0.3) is 0 Å². The number of hydrogen-bond donors (Lipinski definition) is 1. The van der Waals surface area contributed by atoms with Crippen LogP contribution in [0.2, 0.25) is 0 Å². The van der Waals surface area contributed by atoms with Crippen LogP contribution in [0.3, 0.4) is 0 Å². The third-order valence-corrected chi connectivity index (χ3v) is 4.09. The molecule has 1 N–H and O–H groups in total. The van der Waals surface area contributed by atoms with Crippen LogP contribution < -0.4 is 9.64 Å². The zero-order valence-corrected chi connectivity index (χ0v) is 14.1. The van der Waals surface area contributed by atoms with Crippen molar-refractivity contribution < 1.29 is 14.6 Å². The van der Waals surface area contributed by atoms with Crippen molar-refractivity contribution in [3.63, 3.8) is 0 Å². The smallest absolute Gasteiger partial charge is 0.227 e. The van der Waals surface area contributed by atoms with Crippen LogP contribution >= 0.6 is 0 Å². The Morgan fingerprint density at radius 2 is 2.08 bits per heavy atom. The molecule has 0 unspecified atom stereocenters. The zero-order chi connectivity index (χ0) is 17.1. The van der Waals surface area contributed by atoms with E-state index in [1.807, 2.05) is 37.8 Å². The number of ether oxygens (including phenoxy) is 2. The fourth-order valence-electron chi connectivity index (χ4n) is 2.84. The topological polar surface area (TPSA) is 80.6 Å². The molecule has 2 aromatic rings. The van der Waals surface area contributed by atoms with Gasteiger partial charge < -0.3 is 19.5 Å². The second kappa shape index (κ2) is 7.11. The molecule has 3 rings (SSSR count). The fraction of sp³-hybridized carbons (Fsp3) is 0.471. The number of rotatable bonds is 5. The minimum Gasteiger partial charge on any atom is -0.437 e. The van der Waals surface area contributed by atoms with E-state index in [2.05, 4.69) is 15.0 Å². The molecule has 0 aromatic carbocycles. The highest BCUT2D eigenvalue weighted by atomic mass is 16.5. The molecule has 2 aromatic heterocycles. The van der Waals surface area contributed by atoms with E-state index < -0.39 is 6.10 Å². The second-order valence-corrected chi connectivity index (χ2v) is 5.78. The Hall–Kier alpha value is -2.25.